The highest BCUT2D eigenvalue weighted by Crippen LogP contribution is 2.18. The van der Waals surface area contributed by atoms with Crippen LogP contribution in [0.4, 0.5) is 5.95 Å². The summed E-state index contributed by atoms with van der Waals surface area (Å²) in [5.74, 6) is 0.948. The number of para-hydroxylation sites is 1. The van der Waals surface area contributed by atoms with E-state index in [0.29, 0.717) is 6.04 Å². The molecule has 0 spiro atoms. The smallest absolute Gasteiger partial charge is 0.207 e. The van der Waals surface area contributed by atoms with E-state index < -0.39 is 0 Å². The fourth-order valence-corrected chi connectivity index (χ4v) is 2.29. The van der Waals surface area contributed by atoms with Gasteiger partial charge in [0, 0.05) is 17.9 Å². The molecule has 0 aliphatic carbocycles. The molecule has 0 saturated heterocycles. The standard InChI is InChI=1S/C16H23N3/c1-4-9-14(5-2)18-16-17-13(3)12-19(16)15-10-7-6-8-11-15/h6-8,10-12,14H,4-5,9H2,1-3H3,(H,17,18). The van der Waals surface area contributed by atoms with E-state index in [0.717, 1.165) is 23.8 Å². The van der Waals surface area contributed by atoms with Gasteiger partial charge in [-0.15, -0.1) is 0 Å². The lowest BCUT2D eigenvalue weighted by molar-refractivity contribution is 0.616. The molecule has 1 atom stereocenters. The molecule has 3 nitrogen and oxygen atoms in total. The van der Waals surface area contributed by atoms with Gasteiger partial charge in [0.1, 0.15) is 0 Å². The van der Waals surface area contributed by atoms with Crippen molar-refractivity contribution in [1.82, 2.24) is 9.55 Å². The number of anilines is 1. The molecule has 0 aliphatic heterocycles. The van der Waals surface area contributed by atoms with Crippen LogP contribution in [-0.4, -0.2) is 15.6 Å². The molecule has 2 rings (SSSR count). The van der Waals surface area contributed by atoms with Crippen LogP contribution >= 0.6 is 0 Å². The van der Waals surface area contributed by atoms with E-state index in [1.54, 1.807) is 0 Å². The molecule has 1 heterocycles. The van der Waals surface area contributed by atoms with Gasteiger partial charge in [-0.1, -0.05) is 38.5 Å². The van der Waals surface area contributed by atoms with Crippen molar-refractivity contribution < 1.29 is 0 Å². The highest BCUT2D eigenvalue weighted by molar-refractivity contribution is 5.43. The van der Waals surface area contributed by atoms with Crippen molar-refractivity contribution in [1.29, 1.82) is 0 Å². The number of hydrogen-bond acceptors (Lipinski definition) is 2. The number of imidazole rings is 1. The highest BCUT2D eigenvalue weighted by Gasteiger charge is 2.11. The first-order valence-electron chi connectivity index (χ1n) is 7.12. The van der Waals surface area contributed by atoms with Gasteiger partial charge in [-0.2, -0.15) is 0 Å². The molecule has 19 heavy (non-hydrogen) atoms. The molecule has 0 radical (unpaired) electrons. The van der Waals surface area contributed by atoms with Gasteiger partial charge in [-0.05, 0) is 31.9 Å². The van der Waals surface area contributed by atoms with Crippen molar-refractivity contribution in [2.24, 2.45) is 0 Å². The van der Waals surface area contributed by atoms with Crippen LogP contribution in [0, 0.1) is 6.92 Å². The van der Waals surface area contributed by atoms with Gasteiger partial charge in [0.15, 0.2) is 0 Å². The normalized spacial score (nSPS) is 12.4. The zero-order valence-electron chi connectivity index (χ0n) is 12.1. The first-order chi connectivity index (χ1) is 9.24. The number of aromatic nitrogens is 2. The summed E-state index contributed by atoms with van der Waals surface area (Å²) in [5.41, 5.74) is 2.19. The monoisotopic (exact) mass is 257 g/mol. The number of benzene rings is 1. The summed E-state index contributed by atoms with van der Waals surface area (Å²) >= 11 is 0. The summed E-state index contributed by atoms with van der Waals surface area (Å²) in [6, 6.07) is 10.8. The fourth-order valence-electron chi connectivity index (χ4n) is 2.29. The molecular formula is C16H23N3. The zero-order valence-corrected chi connectivity index (χ0v) is 12.1. The molecule has 0 fully saturated rings. The molecule has 1 unspecified atom stereocenters. The van der Waals surface area contributed by atoms with E-state index in [9.17, 15) is 0 Å². The van der Waals surface area contributed by atoms with Gasteiger partial charge in [0.2, 0.25) is 5.95 Å². The minimum atomic E-state index is 0.495. The van der Waals surface area contributed by atoms with Gasteiger partial charge in [-0.3, -0.25) is 4.57 Å². The van der Waals surface area contributed by atoms with Crippen molar-refractivity contribution in [3.8, 4) is 5.69 Å². The Kier molecular flexibility index (Phi) is 4.61. The number of nitrogens with zero attached hydrogens (tertiary/aromatic N) is 2. The average Bonchev–Trinajstić information content (AvgIpc) is 2.80. The molecule has 0 aliphatic rings. The van der Waals surface area contributed by atoms with Crippen LogP contribution in [0.2, 0.25) is 0 Å². The molecule has 102 valence electrons. The van der Waals surface area contributed by atoms with Crippen LogP contribution < -0.4 is 5.32 Å². The Morgan fingerprint density at radius 3 is 2.58 bits per heavy atom. The maximum atomic E-state index is 4.61. The zero-order chi connectivity index (χ0) is 13.7. The topological polar surface area (TPSA) is 29.9 Å². The number of nitrogens with one attached hydrogen (secondary N) is 1. The summed E-state index contributed by atoms with van der Waals surface area (Å²) < 4.78 is 2.13. The SMILES string of the molecule is CCCC(CC)Nc1nc(C)cn1-c1ccccc1. The first-order valence-corrected chi connectivity index (χ1v) is 7.12. The average molecular weight is 257 g/mol. The van der Waals surface area contributed by atoms with Crippen molar-refractivity contribution >= 4 is 5.95 Å². The summed E-state index contributed by atoms with van der Waals surface area (Å²) in [5, 5.41) is 3.57. The molecule has 0 saturated carbocycles. The van der Waals surface area contributed by atoms with Crippen molar-refractivity contribution in [3.05, 3.63) is 42.2 Å². The summed E-state index contributed by atoms with van der Waals surface area (Å²) in [6.07, 6.45) is 5.57. The maximum absolute atomic E-state index is 4.61. The predicted molar refractivity (Wildman–Crippen MR) is 80.9 cm³/mol. The Morgan fingerprint density at radius 2 is 1.95 bits per heavy atom. The van der Waals surface area contributed by atoms with E-state index >= 15 is 0 Å². The molecule has 1 aromatic carbocycles. The van der Waals surface area contributed by atoms with E-state index in [1.807, 2.05) is 13.0 Å². The molecule has 2 aromatic rings. The van der Waals surface area contributed by atoms with Crippen molar-refractivity contribution in [2.75, 3.05) is 5.32 Å². The number of hydrogen-bond donors (Lipinski definition) is 1. The Labute approximate surface area is 115 Å². The highest BCUT2D eigenvalue weighted by atomic mass is 15.2. The van der Waals surface area contributed by atoms with E-state index in [2.05, 4.69) is 59.2 Å². The summed E-state index contributed by atoms with van der Waals surface area (Å²) in [6.45, 7) is 6.47. The lowest BCUT2D eigenvalue weighted by Gasteiger charge is -2.17. The Balaban J connectivity index is 2.26. The van der Waals surface area contributed by atoms with Crippen molar-refractivity contribution in [2.45, 2.75) is 46.1 Å². The number of rotatable bonds is 6. The van der Waals surface area contributed by atoms with E-state index in [4.69, 9.17) is 0 Å². The maximum Gasteiger partial charge on any atom is 0.207 e. The summed E-state index contributed by atoms with van der Waals surface area (Å²) in [7, 11) is 0. The fraction of sp³-hybridized carbons (Fsp3) is 0.438. The predicted octanol–water partition coefficient (Wildman–Crippen LogP) is 4.17. The Hall–Kier alpha value is -1.77. The van der Waals surface area contributed by atoms with Crippen LogP contribution in [0.15, 0.2) is 36.5 Å². The van der Waals surface area contributed by atoms with Crippen molar-refractivity contribution in [3.63, 3.8) is 0 Å². The van der Waals surface area contributed by atoms with Crippen LogP contribution in [0.25, 0.3) is 5.69 Å². The summed E-state index contributed by atoms with van der Waals surface area (Å²) in [4.78, 5) is 4.61. The minimum absolute atomic E-state index is 0.495. The lowest BCUT2D eigenvalue weighted by atomic mass is 10.1. The number of aryl methyl sites for hydroxylation is 1. The van der Waals surface area contributed by atoms with Gasteiger partial charge in [-0.25, -0.2) is 4.98 Å². The third-order valence-corrected chi connectivity index (χ3v) is 3.32. The molecule has 1 N–H and O–H groups in total. The first kappa shape index (κ1) is 13.7. The largest absolute Gasteiger partial charge is 0.353 e. The molecule has 3 heteroatoms. The second-order valence-electron chi connectivity index (χ2n) is 4.95. The quantitative estimate of drug-likeness (QED) is 0.841. The van der Waals surface area contributed by atoms with E-state index in [1.165, 1.54) is 12.8 Å². The van der Waals surface area contributed by atoms with Crippen LogP contribution in [0.1, 0.15) is 38.8 Å². The van der Waals surface area contributed by atoms with Crippen LogP contribution in [0.3, 0.4) is 0 Å². The van der Waals surface area contributed by atoms with Gasteiger partial charge >= 0.3 is 0 Å². The lowest BCUT2D eigenvalue weighted by Crippen LogP contribution is -2.20. The second kappa shape index (κ2) is 6.41. The van der Waals surface area contributed by atoms with Crippen LogP contribution in [0.5, 0.6) is 0 Å². The van der Waals surface area contributed by atoms with E-state index in [-0.39, 0.29) is 0 Å². The Morgan fingerprint density at radius 1 is 1.21 bits per heavy atom. The third-order valence-electron chi connectivity index (χ3n) is 3.32. The minimum Gasteiger partial charge on any atom is -0.353 e. The Bertz CT molecular complexity index is 502. The molecule has 0 bridgehead atoms. The van der Waals surface area contributed by atoms with Crippen LogP contribution in [-0.2, 0) is 0 Å². The van der Waals surface area contributed by atoms with Gasteiger partial charge in [0.05, 0.1) is 5.69 Å². The second-order valence-corrected chi connectivity index (χ2v) is 4.95. The molecule has 0 amide bonds. The van der Waals surface area contributed by atoms with Gasteiger partial charge in [0.25, 0.3) is 0 Å². The molecular weight excluding hydrogens is 234 g/mol. The van der Waals surface area contributed by atoms with Gasteiger partial charge < -0.3 is 5.32 Å². The molecule has 1 aromatic heterocycles. The third kappa shape index (κ3) is 3.37.